The average Bonchev–Trinajstić information content (AvgIpc) is 2.61. The number of nitrogens with zero attached hydrogens (tertiary/aromatic N) is 3. The first-order valence-electron chi connectivity index (χ1n) is 7.73. The van der Waals surface area contributed by atoms with Gasteiger partial charge in [-0.1, -0.05) is 11.8 Å². The first kappa shape index (κ1) is 17.5. The number of anilines is 1. The molecule has 0 aliphatic carbocycles. The second-order valence-electron chi connectivity index (χ2n) is 5.56. The van der Waals surface area contributed by atoms with Gasteiger partial charge in [0.15, 0.2) is 5.16 Å². The average molecular weight is 365 g/mol. The van der Waals surface area contributed by atoms with Crippen molar-refractivity contribution < 1.29 is 9.13 Å². The molecule has 2 heterocycles. The molecule has 1 unspecified atom stereocenters. The summed E-state index contributed by atoms with van der Waals surface area (Å²) < 4.78 is 19.3. The van der Waals surface area contributed by atoms with Crippen molar-refractivity contribution in [1.29, 1.82) is 0 Å². The van der Waals surface area contributed by atoms with E-state index in [2.05, 4.69) is 21.8 Å². The normalized spacial score (nSPS) is 18.0. The second-order valence-corrected chi connectivity index (χ2v) is 7.18. The van der Waals surface area contributed by atoms with Crippen LogP contribution in [-0.2, 0) is 4.74 Å². The van der Waals surface area contributed by atoms with Crippen molar-refractivity contribution in [1.82, 2.24) is 9.97 Å². The zero-order chi connectivity index (χ0) is 17.1. The van der Waals surface area contributed by atoms with Crippen LogP contribution in [0.2, 0.25) is 0 Å². The van der Waals surface area contributed by atoms with E-state index in [1.165, 1.54) is 17.8 Å². The van der Waals surface area contributed by atoms with Crippen molar-refractivity contribution in [3.63, 3.8) is 0 Å². The molecule has 1 atom stereocenters. The van der Waals surface area contributed by atoms with E-state index in [4.69, 9.17) is 4.74 Å². The minimum atomic E-state index is -0.256. The minimum Gasteiger partial charge on any atom is -0.377 e. The molecule has 0 bridgehead atoms. The van der Waals surface area contributed by atoms with Crippen molar-refractivity contribution >= 4 is 29.3 Å². The number of ether oxygens (including phenoxy) is 1. The monoisotopic (exact) mass is 365 g/mol. The van der Waals surface area contributed by atoms with Crippen molar-refractivity contribution in [3.8, 4) is 11.3 Å². The Morgan fingerprint density at radius 2 is 2.04 bits per heavy atom. The summed E-state index contributed by atoms with van der Waals surface area (Å²) >= 11 is 3.08. The van der Waals surface area contributed by atoms with Crippen LogP contribution < -0.4 is 4.90 Å². The highest BCUT2D eigenvalue weighted by Crippen LogP contribution is 2.33. The molecular weight excluding hydrogens is 345 g/mol. The first-order chi connectivity index (χ1) is 11.6. The van der Waals surface area contributed by atoms with Gasteiger partial charge in [0.25, 0.3) is 0 Å². The molecule has 1 aliphatic heterocycles. The SMILES string of the molecule is CSc1nc(-c2cc(F)ccc2SC)cc(N2CCOCC2C)n1. The predicted molar refractivity (Wildman–Crippen MR) is 98.6 cm³/mol. The molecule has 0 amide bonds. The lowest BCUT2D eigenvalue weighted by Crippen LogP contribution is -2.44. The fourth-order valence-electron chi connectivity index (χ4n) is 2.74. The third-order valence-electron chi connectivity index (χ3n) is 3.97. The number of aromatic nitrogens is 2. The summed E-state index contributed by atoms with van der Waals surface area (Å²) in [5.74, 6) is 0.616. The Bertz CT molecular complexity index is 729. The van der Waals surface area contributed by atoms with Crippen molar-refractivity contribution in [2.24, 2.45) is 0 Å². The predicted octanol–water partition coefficient (Wildman–Crippen LogP) is 3.95. The van der Waals surface area contributed by atoms with E-state index in [0.29, 0.717) is 18.4 Å². The Morgan fingerprint density at radius 1 is 1.21 bits per heavy atom. The molecule has 128 valence electrons. The summed E-state index contributed by atoms with van der Waals surface area (Å²) in [6.45, 7) is 4.29. The topological polar surface area (TPSA) is 38.2 Å². The van der Waals surface area contributed by atoms with Gasteiger partial charge in [-0.05, 0) is 37.6 Å². The van der Waals surface area contributed by atoms with Gasteiger partial charge in [-0.2, -0.15) is 0 Å². The van der Waals surface area contributed by atoms with Gasteiger partial charge in [-0.15, -0.1) is 11.8 Å². The summed E-state index contributed by atoms with van der Waals surface area (Å²) in [6, 6.07) is 7.04. The number of halogens is 1. The van der Waals surface area contributed by atoms with Crippen LogP contribution in [0.4, 0.5) is 10.2 Å². The van der Waals surface area contributed by atoms with E-state index in [-0.39, 0.29) is 11.9 Å². The largest absolute Gasteiger partial charge is 0.377 e. The molecule has 0 spiro atoms. The molecule has 1 aliphatic rings. The van der Waals surface area contributed by atoms with Gasteiger partial charge in [0.2, 0.25) is 0 Å². The van der Waals surface area contributed by atoms with E-state index < -0.39 is 0 Å². The molecule has 2 aromatic rings. The summed E-state index contributed by atoms with van der Waals surface area (Å²) in [7, 11) is 0. The zero-order valence-electron chi connectivity index (χ0n) is 14.0. The minimum absolute atomic E-state index is 0.253. The molecule has 0 N–H and O–H groups in total. The van der Waals surface area contributed by atoms with E-state index in [9.17, 15) is 4.39 Å². The number of thioether (sulfide) groups is 2. The van der Waals surface area contributed by atoms with Gasteiger partial charge in [-0.3, -0.25) is 0 Å². The Balaban J connectivity index is 2.08. The van der Waals surface area contributed by atoms with Gasteiger partial charge in [0, 0.05) is 23.1 Å². The standard InChI is InChI=1S/C17H20FN3OS2/c1-11-10-22-7-6-21(11)16-9-14(19-17(20-16)24-3)13-8-12(18)4-5-15(13)23-2/h4-5,8-9,11H,6-7,10H2,1-3H3. The molecule has 1 aromatic heterocycles. The van der Waals surface area contributed by atoms with Crippen LogP contribution >= 0.6 is 23.5 Å². The highest BCUT2D eigenvalue weighted by atomic mass is 32.2. The maximum Gasteiger partial charge on any atom is 0.189 e. The summed E-state index contributed by atoms with van der Waals surface area (Å²) in [6.07, 6.45) is 3.94. The Kier molecular flexibility index (Phi) is 5.63. The van der Waals surface area contributed by atoms with Crippen molar-refractivity contribution in [2.75, 3.05) is 37.2 Å². The third-order valence-corrected chi connectivity index (χ3v) is 5.32. The first-order valence-corrected chi connectivity index (χ1v) is 10.2. The number of morpholine rings is 1. The fourth-order valence-corrected chi connectivity index (χ4v) is 3.70. The Labute approximate surface area is 150 Å². The third kappa shape index (κ3) is 3.68. The Hall–Kier alpha value is -1.31. The zero-order valence-corrected chi connectivity index (χ0v) is 15.6. The lowest BCUT2D eigenvalue weighted by Gasteiger charge is -2.34. The smallest absolute Gasteiger partial charge is 0.189 e. The summed E-state index contributed by atoms with van der Waals surface area (Å²) in [5.41, 5.74) is 1.56. The van der Waals surface area contributed by atoms with Gasteiger partial charge in [0.1, 0.15) is 11.6 Å². The van der Waals surface area contributed by atoms with Crippen LogP contribution in [0.3, 0.4) is 0 Å². The van der Waals surface area contributed by atoms with Crippen molar-refractivity contribution in [3.05, 3.63) is 30.1 Å². The molecule has 3 rings (SSSR count). The number of hydrogen-bond donors (Lipinski definition) is 0. The number of benzene rings is 1. The van der Waals surface area contributed by atoms with Crippen LogP contribution in [0, 0.1) is 5.82 Å². The van der Waals surface area contributed by atoms with Gasteiger partial charge in [0.05, 0.1) is 24.9 Å². The lowest BCUT2D eigenvalue weighted by atomic mass is 10.1. The molecule has 4 nitrogen and oxygen atoms in total. The molecule has 0 saturated carbocycles. The maximum absolute atomic E-state index is 13.8. The molecule has 1 fully saturated rings. The van der Waals surface area contributed by atoms with Crippen LogP contribution in [0.15, 0.2) is 34.3 Å². The maximum atomic E-state index is 13.8. The highest BCUT2D eigenvalue weighted by Gasteiger charge is 2.22. The molecule has 1 saturated heterocycles. The van der Waals surface area contributed by atoms with E-state index >= 15 is 0 Å². The number of rotatable bonds is 4. The number of hydrogen-bond acceptors (Lipinski definition) is 6. The van der Waals surface area contributed by atoms with E-state index in [1.807, 2.05) is 18.6 Å². The van der Waals surface area contributed by atoms with Gasteiger partial charge >= 0.3 is 0 Å². The quantitative estimate of drug-likeness (QED) is 0.603. The van der Waals surface area contributed by atoms with Crippen molar-refractivity contribution in [2.45, 2.75) is 23.0 Å². The van der Waals surface area contributed by atoms with Crippen LogP contribution in [0.25, 0.3) is 11.3 Å². The lowest BCUT2D eigenvalue weighted by molar-refractivity contribution is 0.0984. The molecular formula is C17H20FN3OS2. The van der Waals surface area contributed by atoms with E-state index in [1.54, 1.807) is 23.9 Å². The second kappa shape index (κ2) is 7.72. The van der Waals surface area contributed by atoms with Gasteiger partial charge in [-0.25, -0.2) is 14.4 Å². The summed E-state index contributed by atoms with van der Waals surface area (Å²) in [4.78, 5) is 12.5. The molecule has 24 heavy (non-hydrogen) atoms. The highest BCUT2D eigenvalue weighted by molar-refractivity contribution is 7.98. The molecule has 1 aromatic carbocycles. The van der Waals surface area contributed by atoms with Crippen LogP contribution in [0.1, 0.15) is 6.92 Å². The fraction of sp³-hybridized carbons (Fsp3) is 0.412. The van der Waals surface area contributed by atoms with Crippen LogP contribution in [0.5, 0.6) is 0 Å². The Morgan fingerprint density at radius 3 is 2.75 bits per heavy atom. The molecule has 0 radical (unpaired) electrons. The molecule has 7 heteroatoms. The van der Waals surface area contributed by atoms with Gasteiger partial charge < -0.3 is 9.64 Å². The summed E-state index contributed by atoms with van der Waals surface area (Å²) in [5, 5.41) is 0.692. The van der Waals surface area contributed by atoms with Crippen LogP contribution in [-0.4, -0.2) is 48.3 Å². The van der Waals surface area contributed by atoms with E-state index in [0.717, 1.165) is 28.5 Å².